The summed E-state index contributed by atoms with van der Waals surface area (Å²) in [6.07, 6.45) is 2.90. The van der Waals surface area contributed by atoms with E-state index in [1.165, 1.54) is 0 Å². The van der Waals surface area contributed by atoms with Crippen LogP contribution in [-0.2, 0) is 10.2 Å². The predicted octanol–water partition coefficient (Wildman–Crippen LogP) is 2.25. The van der Waals surface area contributed by atoms with Crippen LogP contribution in [0.1, 0.15) is 31.2 Å². The molecule has 0 amide bonds. The Kier molecular flexibility index (Phi) is 2.76. The fourth-order valence-corrected chi connectivity index (χ4v) is 4.18. The Morgan fingerprint density at radius 1 is 1.33 bits per heavy atom. The third kappa shape index (κ3) is 1.80. The van der Waals surface area contributed by atoms with E-state index in [-0.39, 0.29) is 29.8 Å². The van der Waals surface area contributed by atoms with Gasteiger partial charge < -0.3 is 14.4 Å². The number of fused-ring (bicyclic) bond motifs is 2. The van der Waals surface area contributed by atoms with Crippen LogP contribution in [0.15, 0.2) is 12.1 Å². The van der Waals surface area contributed by atoms with Crippen LogP contribution < -0.4 is 9.47 Å². The lowest BCUT2D eigenvalue weighted by molar-refractivity contribution is -0.122. The average Bonchev–Trinajstić information content (AvgIpc) is 3.06. The number of nitrogens with zero attached hydrogens (tertiary/aromatic N) is 1. The number of likely N-dealkylation sites (tertiary alicyclic amines) is 1. The SMILES string of the molecule is CN1CC[C@]2(c3cc(F)c4c(c3)OCO4)CCC(=O)C[C@H]12. The average molecular weight is 291 g/mol. The molecule has 1 aromatic carbocycles. The molecule has 1 saturated carbocycles. The first-order valence-electron chi connectivity index (χ1n) is 7.42. The summed E-state index contributed by atoms with van der Waals surface area (Å²) in [6.45, 7) is 1.01. The van der Waals surface area contributed by atoms with Crippen LogP contribution >= 0.6 is 0 Å². The number of likely N-dealkylation sites (N-methyl/N-ethyl adjacent to an activating group) is 1. The summed E-state index contributed by atoms with van der Waals surface area (Å²) >= 11 is 0. The van der Waals surface area contributed by atoms with Gasteiger partial charge in [-0.15, -0.1) is 0 Å². The van der Waals surface area contributed by atoms with Crippen LogP contribution in [0.4, 0.5) is 4.39 Å². The number of Topliss-reactive ketones (excluding diaryl/α,β-unsaturated/α-hetero) is 1. The zero-order valence-electron chi connectivity index (χ0n) is 12.0. The number of rotatable bonds is 1. The molecule has 4 nitrogen and oxygen atoms in total. The van der Waals surface area contributed by atoms with E-state index in [4.69, 9.17) is 9.47 Å². The molecule has 1 aliphatic carbocycles. The largest absolute Gasteiger partial charge is 0.453 e. The number of carbonyl (C=O) groups excluding carboxylic acids is 1. The van der Waals surface area contributed by atoms with Crippen molar-refractivity contribution in [3.8, 4) is 11.5 Å². The van der Waals surface area contributed by atoms with Crippen LogP contribution in [0.25, 0.3) is 0 Å². The molecule has 3 aliphatic rings. The maximum Gasteiger partial charge on any atom is 0.231 e. The second-order valence-electron chi connectivity index (χ2n) is 6.34. The summed E-state index contributed by atoms with van der Waals surface area (Å²) in [5.74, 6) is 0.652. The minimum Gasteiger partial charge on any atom is -0.453 e. The van der Waals surface area contributed by atoms with Crippen LogP contribution in [0, 0.1) is 5.82 Å². The van der Waals surface area contributed by atoms with Crippen molar-refractivity contribution >= 4 is 5.78 Å². The molecule has 112 valence electrons. The lowest BCUT2D eigenvalue weighted by Crippen LogP contribution is -2.46. The molecule has 0 radical (unpaired) electrons. The van der Waals surface area contributed by atoms with Crippen LogP contribution in [0.5, 0.6) is 11.5 Å². The second-order valence-corrected chi connectivity index (χ2v) is 6.34. The van der Waals surface area contributed by atoms with Crippen LogP contribution in [-0.4, -0.2) is 37.1 Å². The maximum absolute atomic E-state index is 14.2. The van der Waals surface area contributed by atoms with Crippen molar-refractivity contribution in [3.05, 3.63) is 23.5 Å². The van der Waals surface area contributed by atoms with E-state index in [9.17, 15) is 9.18 Å². The molecule has 2 fully saturated rings. The van der Waals surface area contributed by atoms with Gasteiger partial charge in [0.1, 0.15) is 5.78 Å². The van der Waals surface area contributed by atoms with Gasteiger partial charge in [0.25, 0.3) is 0 Å². The molecule has 1 saturated heterocycles. The van der Waals surface area contributed by atoms with Crippen molar-refractivity contribution in [3.63, 3.8) is 0 Å². The molecule has 2 aliphatic heterocycles. The molecule has 0 spiro atoms. The first-order valence-corrected chi connectivity index (χ1v) is 7.42. The van der Waals surface area contributed by atoms with Gasteiger partial charge in [0.05, 0.1) is 0 Å². The van der Waals surface area contributed by atoms with Gasteiger partial charge >= 0.3 is 0 Å². The maximum atomic E-state index is 14.2. The molecular formula is C16H18FNO3. The Labute approximate surface area is 122 Å². The number of carbonyl (C=O) groups is 1. The van der Waals surface area contributed by atoms with E-state index in [0.717, 1.165) is 24.9 Å². The highest BCUT2D eigenvalue weighted by atomic mass is 19.1. The molecule has 0 N–H and O–H groups in total. The van der Waals surface area contributed by atoms with Gasteiger partial charge in [-0.1, -0.05) is 0 Å². The number of hydrogen-bond acceptors (Lipinski definition) is 4. The minimum absolute atomic E-state index is 0.0739. The van der Waals surface area contributed by atoms with Gasteiger partial charge in [-0.3, -0.25) is 4.79 Å². The summed E-state index contributed by atoms with van der Waals surface area (Å²) in [6, 6.07) is 3.65. The van der Waals surface area contributed by atoms with Gasteiger partial charge in [-0.2, -0.15) is 0 Å². The molecule has 5 heteroatoms. The number of benzene rings is 1. The normalized spacial score (nSPS) is 31.5. The number of hydrogen-bond donors (Lipinski definition) is 0. The first-order chi connectivity index (χ1) is 10.1. The van der Waals surface area contributed by atoms with E-state index in [1.807, 2.05) is 13.1 Å². The molecule has 2 atom stereocenters. The summed E-state index contributed by atoms with van der Waals surface area (Å²) in [5, 5.41) is 0. The summed E-state index contributed by atoms with van der Waals surface area (Å²) < 4.78 is 24.8. The van der Waals surface area contributed by atoms with Crippen molar-refractivity contribution in [2.75, 3.05) is 20.4 Å². The van der Waals surface area contributed by atoms with Gasteiger partial charge in [0.15, 0.2) is 11.6 Å². The lowest BCUT2D eigenvalue weighted by atomic mass is 9.66. The quantitative estimate of drug-likeness (QED) is 0.795. The van der Waals surface area contributed by atoms with Crippen molar-refractivity contribution < 1.29 is 18.7 Å². The molecule has 4 rings (SSSR count). The smallest absolute Gasteiger partial charge is 0.231 e. The second kappa shape index (κ2) is 4.44. The molecule has 21 heavy (non-hydrogen) atoms. The highest BCUT2D eigenvalue weighted by Crippen LogP contribution is 2.50. The monoisotopic (exact) mass is 291 g/mol. The minimum atomic E-state index is -0.362. The number of halogens is 1. The van der Waals surface area contributed by atoms with Crippen molar-refractivity contribution in [2.24, 2.45) is 0 Å². The third-order valence-electron chi connectivity index (χ3n) is 5.35. The zero-order valence-corrected chi connectivity index (χ0v) is 12.0. The predicted molar refractivity (Wildman–Crippen MR) is 74.1 cm³/mol. The number of ketones is 1. The lowest BCUT2D eigenvalue weighted by Gasteiger charge is -2.41. The molecule has 0 aromatic heterocycles. The Morgan fingerprint density at radius 2 is 2.19 bits per heavy atom. The molecule has 1 aromatic rings. The van der Waals surface area contributed by atoms with E-state index >= 15 is 0 Å². The van der Waals surface area contributed by atoms with E-state index in [1.54, 1.807) is 6.07 Å². The highest BCUT2D eigenvalue weighted by molar-refractivity contribution is 5.81. The van der Waals surface area contributed by atoms with Gasteiger partial charge in [0, 0.05) is 24.3 Å². The third-order valence-corrected chi connectivity index (χ3v) is 5.35. The van der Waals surface area contributed by atoms with Gasteiger partial charge in [0.2, 0.25) is 12.5 Å². The van der Waals surface area contributed by atoms with Crippen molar-refractivity contribution in [2.45, 2.75) is 37.1 Å². The summed E-state index contributed by atoms with van der Waals surface area (Å²) in [7, 11) is 2.05. The molecule has 0 bridgehead atoms. The van der Waals surface area contributed by atoms with Crippen LogP contribution in [0.3, 0.4) is 0 Å². The molecule has 2 heterocycles. The van der Waals surface area contributed by atoms with E-state index < -0.39 is 0 Å². The van der Waals surface area contributed by atoms with Gasteiger partial charge in [-0.05, 0) is 44.1 Å². The van der Waals surface area contributed by atoms with E-state index in [0.29, 0.717) is 24.4 Å². The fourth-order valence-electron chi connectivity index (χ4n) is 4.18. The Morgan fingerprint density at radius 3 is 3.05 bits per heavy atom. The van der Waals surface area contributed by atoms with E-state index in [2.05, 4.69) is 4.90 Å². The Hall–Kier alpha value is -1.62. The van der Waals surface area contributed by atoms with Gasteiger partial charge in [-0.25, -0.2) is 4.39 Å². The fraction of sp³-hybridized carbons (Fsp3) is 0.562. The van der Waals surface area contributed by atoms with Crippen molar-refractivity contribution in [1.29, 1.82) is 0 Å². The summed E-state index contributed by atoms with van der Waals surface area (Å²) in [4.78, 5) is 14.1. The Balaban J connectivity index is 1.81. The summed E-state index contributed by atoms with van der Waals surface area (Å²) in [5.41, 5.74) is 0.816. The van der Waals surface area contributed by atoms with Crippen LogP contribution in [0.2, 0.25) is 0 Å². The molecular weight excluding hydrogens is 273 g/mol. The first kappa shape index (κ1) is 13.1. The Bertz CT molecular complexity index is 618. The highest BCUT2D eigenvalue weighted by Gasteiger charge is 2.50. The zero-order chi connectivity index (χ0) is 14.6. The number of ether oxygens (including phenoxy) is 2. The standard InChI is InChI=1S/C16H18FNO3/c1-18-5-4-16(3-2-11(19)8-14(16)18)10-6-12(17)15-13(7-10)20-9-21-15/h6-7,14H,2-5,8-9H2,1H3/t14-,16-/m0/s1. The van der Waals surface area contributed by atoms with Crippen molar-refractivity contribution in [1.82, 2.24) is 4.90 Å². The topological polar surface area (TPSA) is 38.8 Å². The molecule has 0 unspecified atom stereocenters.